The molecule has 3 rings (SSSR count). The lowest BCUT2D eigenvalue weighted by molar-refractivity contribution is 0.671. The van der Waals surface area contributed by atoms with Crippen LogP contribution in [0.4, 0.5) is 0 Å². The van der Waals surface area contributed by atoms with Crippen molar-refractivity contribution >= 4 is 35.2 Å². The number of para-hydroxylation sites is 1. The summed E-state index contributed by atoms with van der Waals surface area (Å²) in [5, 5.41) is 2.43. The van der Waals surface area contributed by atoms with Crippen LogP contribution in [0.25, 0.3) is 21.9 Å². The van der Waals surface area contributed by atoms with Gasteiger partial charge in [0.15, 0.2) is 0 Å². The zero-order chi connectivity index (χ0) is 10.4. The van der Waals surface area contributed by atoms with E-state index in [0.717, 1.165) is 11.2 Å². The van der Waals surface area contributed by atoms with Gasteiger partial charge in [0.25, 0.3) is 0 Å². The highest BCUT2D eigenvalue weighted by Crippen LogP contribution is 2.27. The van der Waals surface area contributed by atoms with Crippen molar-refractivity contribution in [2.24, 2.45) is 0 Å². The van der Waals surface area contributed by atoms with E-state index in [1.165, 1.54) is 21.8 Å². The fourth-order valence-electron chi connectivity index (χ4n) is 2.05. The van der Waals surface area contributed by atoms with Gasteiger partial charge in [-0.3, -0.25) is 0 Å². The Morgan fingerprint density at radius 1 is 1.07 bits per heavy atom. The van der Waals surface area contributed by atoms with E-state index in [1.54, 1.807) is 0 Å². The molecule has 0 saturated carbocycles. The summed E-state index contributed by atoms with van der Waals surface area (Å²) in [5.74, 6) is 0. The first kappa shape index (κ1) is 8.60. The summed E-state index contributed by atoms with van der Waals surface area (Å²) in [7, 11) is 2.08. The fraction of sp³-hybridized carbons (Fsp3) is 0.0769. The second kappa shape index (κ2) is 2.90. The third-order valence-electron chi connectivity index (χ3n) is 2.85. The van der Waals surface area contributed by atoms with Crippen molar-refractivity contribution in [3.63, 3.8) is 0 Å². The molecule has 0 bridgehead atoms. The minimum atomic E-state index is 0.977. The molecule has 0 spiro atoms. The summed E-state index contributed by atoms with van der Waals surface area (Å²) in [5.41, 5.74) is 4.45. The van der Waals surface area contributed by atoms with Gasteiger partial charge in [0.2, 0.25) is 0 Å². The third kappa shape index (κ3) is 1.18. The Balaban J connectivity index is 2.58. The number of rotatable bonds is 0. The van der Waals surface area contributed by atoms with Gasteiger partial charge < -0.3 is 4.42 Å². The van der Waals surface area contributed by atoms with Gasteiger partial charge in [-0.25, -0.2) is 0 Å². The van der Waals surface area contributed by atoms with Crippen LogP contribution in [0.2, 0.25) is 0 Å². The van der Waals surface area contributed by atoms with Gasteiger partial charge in [-0.2, -0.15) is 0 Å². The van der Waals surface area contributed by atoms with Gasteiger partial charge in [-0.05, 0) is 24.5 Å². The van der Waals surface area contributed by atoms with Crippen molar-refractivity contribution in [2.45, 2.75) is 6.92 Å². The number of aryl methyl sites for hydroxylation is 1. The molecule has 0 saturated heterocycles. The number of fused-ring (bicyclic) bond motifs is 3. The highest BCUT2D eigenvalue weighted by atomic mass is 16.3. The Hall–Kier alpha value is -1.70. The van der Waals surface area contributed by atoms with Gasteiger partial charge in [0.1, 0.15) is 19.0 Å². The molecule has 2 aromatic carbocycles. The Kier molecular flexibility index (Phi) is 1.66. The lowest BCUT2D eigenvalue weighted by Gasteiger charge is -1.92. The molecular formula is C13H11BO. The van der Waals surface area contributed by atoms with E-state index in [-0.39, 0.29) is 0 Å². The zero-order valence-corrected chi connectivity index (χ0v) is 8.87. The average Bonchev–Trinajstić information content (AvgIpc) is 2.58. The molecule has 1 aromatic heterocycles. The van der Waals surface area contributed by atoms with Crippen molar-refractivity contribution in [1.29, 1.82) is 0 Å². The first-order valence-electron chi connectivity index (χ1n) is 5.14. The van der Waals surface area contributed by atoms with E-state index >= 15 is 0 Å². The zero-order valence-electron chi connectivity index (χ0n) is 8.87. The maximum absolute atomic E-state index is 5.84. The molecule has 3 aromatic rings. The maximum Gasteiger partial charge on any atom is 0.144 e. The third-order valence-corrected chi connectivity index (χ3v) is 2.85. The lowest BCUT2D eigenvalue weighted by atomic mass is 9.94. The van der Waals surface area contributed by atoms with E-state index in [9.17, 15) is 0 Å². The Morgan fingerprint density at radius 3 is 2.80 bits per heavy atom. The molecule has 1 heterocycles. The second-order valence-corrected chi connectivity index (χ2v) is 4.05. The molecule has 0 unspecified atom stereocenters. The van der Waals surface area contributed by atoms with Crippen LogP contribution in [0.15, 0.2) is 40.8 Å². The number of benzene rings is 2. The number of hydrogen-bond acceptors (Lipinski definition) is 1. The molecule has 0 aliphatic rings. The normalized spacial score (nSPS) is 11.3. The van der Waals surface area contributed by atoms with E-state index in [4.69, 9.17) is 4.42 Å². The Morgan fingerprint density at radius 2 is 1.93 bits per heavy atom. The van der Waals surface area contributed by atoms with Crippen LogP contribution in [-0.2, 0) is 0 Å². The highest BCUT2D eigenvalue weighted by molar-refractivity contribution is 6.39. The second-order valence-electron chi connectivity index (χ2n) is 4.05. The van der Waals surface area contributed by atoms with Crippen LogP contribution in [0.5, 0.6) is 0 Å². The molecule has 0 atom stereocenters. The molecule has 0 N–H and O–H groups in total. The van der Waals surface area contributed by atoms with Crippen LogP contribution >= 0.6 is 0 Å². The quantitative estimate of drug-likeness (QED) is 0.499. The van der Waals surface area contributed by atoms with Gasteiger partial charge in [0.05, 0.1) is 0 Å². The van der Waals surface area contributed by atoms with Crippen molar-refractivity contribution in [3.8, 4) is 0 Å². The first-order chi connectivity index (χ1) is 7.25. The average molecular weight is 194 g/mol. The van der Waals surface area contributed by atoms with Crippen LogP contribution in [0.3, 0.4) is 0 Å². The van der Waals surface area contributed by atoms with E-state index in [2.05, 4.69) is 45.1 Å². The first-order valence-corrected chi connectivity index (χ1v) is 5.14. The molecule has 0 radical (unpaired) electrons. The lowest BCUT2D eigenvalue weighted by Crippen LogP contribution is -2.00. The van der Waals surface area contributed by atoms with E-state index in [0.29, 0.717) is 0 Å². The van der Waals surface area contributed by atoms with Gasteiger partial charge in [-0.1, -0.05) is 29.8 Å². The summed E-state index contributed by atoms with van der Waals surface area (Å²) in [6.45, 7) is 2.11. The molecule has 0 aliphatic heterocycles. The van der Waals surface area contributed by atoms with Crippen molar-refractivity contribution in [3.05, 3.63) is 42.0 Å². The number of hydrogen-bond donors (Lipinski definition) is 0. The Labute approximate surface area is 89.1 Å². The van der Waals surface area contributed by atoms with Gasteiger partial charge in [-0.15, -0.1) is 0 Å². The smallest absolute Gasteiger partial charge is 0.144 e. The monoisotopic (exact) mass is 194 g/mol. The van der Waals surface area contributed by atoms with E-state index < -0.39 is 0 Å². The standard InChI is InChI=1S/C13H11BO/c1-8-5-6-12-10(7-8)9-3-2-4-11(14)13(9)15-12/h2-7H,14H2,1H3. The highest BCUT2D eigenvalue weighted by Gasteiger charge is 2.07. The summed E-state index contributed by atoms with van der Waals surface area (Å²) < 4.78 is 5.84. The molecule has 72 valence electrons. The molecule has 0 aliphatic carbocycles. The Bertz CT molecular complexity index is 652. The summed E-state index contributed by atoms with van der Waals surface area (Å²) >= 11 is 0. The molecule has 1 nitrogen and oxygen atoms in total. The fourth-order valence-corrected chi connectivity index (χ4v) is 2.05. The maximum atomic E-state index is 5.84. The molecule has 2 heteroatoms. The minimum Gasteiger partial charge on any atom is -0.457 e. The van der Waals surface area contributed by atoms with Crippen LogP contribution < -0.4 is 5.46 Å². The van der Waals surface area contributed by atoms with Crippen molar-refractivity contribution in [2.75, 3.05) is 0 Å². The topological polar surface area (TPSA) is 13.1 Å². The van der Waals surface area contributed by atoms with Crippen molar-refractivity contribution in [1.82, 2.24) is 0 Å². The summed E-state index contributed by atoms with van der Waals surface area (Å²) in [6, 6.07) is 12.6. The molecular weight excluding hydrogens is 183 g/mol. The minimum absolute atomic E-state index is 0.977. The van der Waals surface area contributed by atoms with Gasteiger partial charge in [0, 0.05) is 10.8 Å². The predicted octanol–water partition coefficient (Wildman–Crippen LogP) is 2.15. The molecule has 15 heavy (non-hydrogen) atoms. The largest absolute Gasteiger partial charge is 0.457 e. The molecule has 0 amide bonds. The molecule has 0 fully saturated rings. The van der Waals surface area contributed by atoms with Crippen LogP contribution in [0.1, 0.15) is 5.56 Å². The SMILES string of the molecule is Bc1cccc2c1oc1ccc(C)cc12. The van der Waals surface area contributed by atoms with Crippen molar-refractivity contribution < 1.29 is 4.42 Å². The number of furan rings is 1. The van der Waals surface area contributed by atoms with Crippen LogP contribution in [0, 0.1) is 6.92 Å². The predicted molar refractivity (Wildman–Crippen MR) is 66.6 cm³/mol. The van der Waals surface area contributed by atoms with Crippen LogP contribution in [-0.4, -0.2) is 7.85 Å². The summed E-state index contributed by atoms with van der Waals surface area (Å²) in [6.07, 6.45) is 0. The van der Waals surface area contributed by atoms with E-state index in [1.807, 2.05) is 6.07 Å². The van der Waals surface area contributed by atoms with Gasteiger partial charge >= 0.3 is 0 Å². The summed E-state index contributed by atoms with van der Waals surface area (Å²) in [4.78, 5) is 0.